The maximum absolute atomic E-state index is 13.7. The largest absolute Gasteiger partial charge is 0.480 e. The zero-order valence-electron chi connectivity index (χ0n) is 20.4. The molecule has 0 spiro atoms. The van der Waals surface area contributed by atoms with Gasteiger partial charge in [0, 0.05) is 6.42 Å². The highest BCUT2D eigenvalue weighted by molar-refractivity contribution is 5.88. The van der Waals surface area contributed by atoms with Crippen molar-refractivity contribution in [2.45, 2.75) is 78.2 Å². The number of amides is 1. The first kappa shape index (κ1) is 23.8. The van der Waals surface area contributed by atoms with Crippen LogP contribution in [-0.4, -0.2) is 23.0 Å². The monoisotopic (exact) mass is 449 g/mol. The average Bonchev–Trinajstić information content (AvgIpc) is 2.78. The van der Waals surface area contributed by atoms with Crippen LogP contribution in [0.2, 0.25) is 0 Å². The normalized spacial score (nSPS) is 36.5. The lowest BCUT2D eigenvalue weighted by molar-refractivity contribution is -0.148. The lowest BCUT2D eigenvalue weighted by Crippen LogP contribution is -2.57. The van der Waals surface area contributed by atoms with Gasteiger partial charge in [-0.05, 0) is 66.8 Å². The van der Waals surface area contributed by atoms with Gasteiger partial charge in [0.1, 0.15) is 6.04 Å². The molecule has 0 aromatic heterocycles. The van der Waals surface area contributed by atoms with Gasteiger partial charge < -0.3 is 10.4 Å². The van der Waals surface area contributed by atoms with E-state index in [1.54, 1.807) is 5.57 Å². The standard InChI is InChI=1S/C29H39NO3/c1-5-27(2)17-14-22-21(19-27)12-13-24-28(22,3)15-9-16-29(24,4)26(33)30-23(25(31)32)18-20-10-7-6-8-11-20/h5-8,10-11,14,21,23-24H,1,9,12-13,15-19H2,2-4H3,(H,30,33)(H,31,32)/t21?,23-,24?,27+,28+,29?/m0/s1. The number of hydrogen-bond donors (Lipinski definition) is 2. The molecule has 1 amide bonds. The molecule has 4 rings (SSSR count). The second kappa shape index (κ2) is 8.77. The number of carbonyl (C=O) groups excluding carboxylic acids is 1. The van der Waals surface area contributed by atoms with Gasteiger partial charge in [-0.25, -0.2) is 4.79 Å². The van der Waals surface area contributed by atoms with E-state index in [-0.39, 0.29) is 22.7 Å². The molecule has 0 radical (unpaired) electrons. The molecule has 3 unspecified atom stereocenters. The van der Waals surface area contributed by atoms with Gasteiger partial charge in [-0.1, -0.05) is 75.2 Å². The second-order valence-corrected chi connectivity index (χ2v) is 11.5. The Hall–Kier alpha value is -2.36. The first-order chi connectivity index (χ1) is 15.6. The highest BCUT2D eigenvalue weighted by atomic mass is 16.4. The van der Waals surface area contributed by atoms with E-state index in [4.69, 9.17) is 0 Å². The molecule has 1 aromatic carbocycles. The first-order valence-corrected chi connectivity index (χ1v) is 12.5. The van der Waals surface area contributed by atoms with Gasteiger partial charge >= 0.3 is 5.97 Å². The van der Waals surface area contributed by atoms with E-state index in [0.29, 0.717) is 12.3 Å². The Morgan fingerprint density at radius 2 is 1.91 bits per heavy atom. The molecule has 33 heavy (non-hydrogen) atoms. The van der Waals surface area contributed by atoms with E-state index in [2.05, 4.69) is 44.8 Å². The van der Waals surface area contributed by atoms with Crippen LogP contribution in [0.15, 0.2) is 54.6 Å². The summed E-state index contributed by atoms with van der Waals surface area (Å²) in [5.41, 5.74) is 2.09. The topological polar surface area (TPSA) is 66.4 Å². The number of aliphatic carboxylic acids is 1. The summed E-state index contributed by atoms with van der Waals surface area (Å²) in [4.78, 5) is 25.7. The van der Waals surface area contributed by atoms with E-state index in [1.165, 1.54) is 0 Å². The average molecular weight is 450 g/mol. The van der Waals surface area contributed by atoms with Gasteiger partial charge in [0.05, 0.1) is 5.41 Å². The summed E-state index contributed by atoms with van der Waals surface area (Å²) in [5.74, 6) is -0.261. The van der Waals surface area contributed by atoms with Crippen molar-refractivity contribution in [2.24, 2.45) is 28.1 Å². The second-order valence-electron chi connectivity index (χ2n) is 11.5. The lowest BCUT2D eigenvalue weighted by Gasteiger charge is -2.58. The lowest BCUT2D eigenvalue weighted by atomic mass is 9.46. The third-order valence-corrected chi connectivity index (χ3v) is 9.23. The smallest absolute Gasteiger partial charge is 0.326 e. The molecule has 2 N–H and O–H groups in total. The first-order valence-electron chi connectivity index (χ1n) is 12.5. The molecule has 178 valence electrons. The van der Waals surface area contributed by atoms with Gasteiger partial charge in [-0.15, -0.1) is 6.58 Å². The van der Waals surface area contributed by atoms with E-state index in [0.717, 1.165) is 50.5 Å². The predicted molar refractivity (Wildman–Crippen MR) is 132 cm³/mol. The minimum absolute atomic E-state index is 0.00784. The van der Waals surface area contributed by atoms with Crippen LogP contribution in [0.25, 0.3) is 0 Å². The van der Waals surface area contributed by atoms with Crippen molar-refractivity contribution in [1.82, 2.24) is 5.32 Å². The fraction of sp³-hybridized carbons (Fsp3) is 0.586. The van der Waals surface area contributed by atoms with Gasteiger partial charge in [0.25, 0.3) is 0 Å². The van der Waals surface area contributed by atoms with E-state index in [9.17, 15) is 14.7 Å². The van der Waals surface area contributed by atoms with Crippen LogP contribution >= 0.6 is 0 Å². The highest BCUT2D eigenvalue weighted by Crippen LogP contribution is 2.63. The number of nitrogens with one attached hydrogen (secondary N) is 1. The molecular formula is C29H39NO3. The van der Waals surface area contributed by atoms with E-state index >= 15 is 0 Å². The van der Waals surface area contributed by atoms with Gasteiger partial charge in [-0.3, -0.25) is 4.79 Å². The molecule has 3 aliphatic rings. The molecule has 2 fully saturated rings. The Balaban J connectivity index is 1.57. The van der Waals surface area contributed by atoms with Gasteiger partial charge in [-0.2, -0.15) is 0 Å². The Bertz CT molecular complexity index is 953. The highest BCUT2D eigenvalue weighted by Gasteiger charge is 2.57. The minimum atomic E-state index is -0.975. The number of hydrogen-bond acceptors (Lipinski definition) is 2. The van der Waals surface area contributed by atoms with Crippen molar-refractivity contribution in [2.75, 3.05) is 0 Å². The Kier molecular flexibility index (Phi) is 6.32. The SMILES string of the molecule is C=C[C@]1(C)CC=C2C(CCC3C(C)(C(=O)N[C@@H](Cc4ccccc4)C(=O)O)CCC[C@]23C)C1. The number of carboxylic acid groups (broad SMARTS) is 1. The molecule has 1 aromatic rings. The summed E-state index contributed by atoms with van der Waals surface area (Å²) >= 11 is 0. The predicted octanol–water partition coefficient (Wildman–Crippen LogP) is 5.93. The Morgan fingerprint density at radius 1 is 1.18 bits per heavy atom. The zero-order valence-corrected chi connectivity index (χ0v) is 20.4. The maximum Gasteiger partial charge on any atom is 0.326 e. The molecule has 0 aliphatic heterocycles. The summed E-state index contributed by atoms with van der Waals surface area (Å²) in [7, 11) is 0. The van der Waals surface area contributed by atoms with Crippen molar-refractivity contribution >= 4 is 11.9 Å². The minimum Gasteiger partial charge on any atom is -0.480 e. The summed E-state index contributed by atoms with van der Waals surface area (Å²) in [5, 5.41) is 12.8. The molecule has 2 saturated carbocycles. The fourth-order valence-corrected chi connectivity index (χ4v) is 7.26. The fourth-order valence-electron chi connectivity index (χ4n) is 7.26. The summed E-state index contributed by atoms with van der Waals surface area (Å²) in [6, 6.07) is 8.62. The summed E-state index contributed by atoms with van der Waals surface area (Å²) < 4.78 is 0. The number of fused-ring (bicyclic) bond motifs is 3. The third-order valence-electron chi connectivity index (χ3n) is 9.23. The van der Waals surface area contributed by atoms with Crippen molar-refractivity contribution in [3.8, 4) is 0 Å². The van der Waals surface area contributed by atoms with Crippen LogP contribution in [0.5, 0.6) is 0 Å². The molecule has 0 heterocycles. The Morgan fingerprint density at radius 3 is 2.58 bits per heavy atom. The maximum atomic E-state index is 13.7. The van der Waals surface area contributed by atoms with Crippen LogP contribution in [0, 0.1) is 28.1 Å². The third kappa shape index (κ3) is 4.29. The molecule has 4 nitrogen and oxygen atoms in total. The van der Waals surface area contributed by atoms with Crippen LogP contribution in [0.3, 0.4) is 0 Å². The van der Waals surface area contributed by atoms with Gasteiger partial charge in [0.2, 0.25) is 5.91 Å². The van der Waals surface area contributed by atoms with Crippen molar-refractivity contribution in [3.05, 3.63) is 60.2 Å². The molecule has 0 bridgehead atoms. The van der Waals surface area contributed by atoms with Crippen LogP contribution in [0.1, 0.15) is 71.3 Å². The molecule has 0 saturated heterocycles. The molecule has 4 heteroatoms. The van der Waals surface area contributed by atoms with Crippen molar-refractivity contribution in [1.29, 1.82) is 0 Å². The molecule has 6 atom stereocenters. The summed E-state index contributed by atoms with van der Waals surface area (Å²) in [6.07, 6.45) is 12.1. The summed E-state index contributed by atoms with van der Waals surface area (Å²) in [6.45, 7) is 10.8. The van der Waals surface area contributed by atoms with E-state index in [1.807, 2.05) is 30.3 Å². The number of carbonyl (C=O) groups is 2. The Labute approximate surface area is 198 Å². The number of benzene rings is 1. The molecular weight excluding hydrogens is 410 g/mol. The zero-order chi connectivity index (χ0) is 23.9. The molecule has 3 aliphatic carbocycles. The number of allylic oxidation sites excluding steroid dienone is 3. The van der Waals surface area contributed by atoms with E-state index < -0.39 is 17.4 Å². The number of carboxylic acids is 1. The van der Waals surface area contributed by atoms with Gasteiger partial charge in [0.15, 0.2) is 0 Å². The quantitative estimate of drug-likeness (QED) is 0.529. The van der Waals surface area contributed by atoms with Crippen LogP contribution in [0.4, 0.5) is 0 Å². The van der Waals surface area contributed by atoms with Crippen molar-refractivity contribution < 1.29 is 14.7 Å². The van der Waals surface area contributed by atoms with Crippen LogP contribution in [-0.2, 0) is 16.0 Å². The number of rotatable bonds is 6. The van der Waals surface area contributed by atoms with Crippen LogP contribution < -0.4 is 5.32 Å². The van der Waals surface area contributed by atoms with Crippen molar-refractivity contribution in [3.63, 3.8) is 0 Å².